The van der Waals surface area contributed by atoms with Gasteiger partial charge in [-0.05, 0) is 34.2 Å². The van der Waals surface area contributed by atoms with Crippen LogP contribution in [0.15, 0.2) is 60.9 Å². The van der Waals surface area contributed by atoms with Crippen LogP contribution in [0.5, 0.6) is 0 Å². The Labute approximate surface area is 164 Å². The standard InChI is InChI=1S/C20H16F3N5O/c21-20(22,23)17-10-4-8-15(12-17)9-5-11-24-19(29)18(28-14-25-26-27-28)13-16-6-2-1-3-7-16/h1-4,6-8,10,12,14,18H,11,13H2,(H,24,29). The topological polar surface area (TPSA) is 72.7 Å². The Hall–Kier alpha value is -3.67. The molecule has 6 nitrogen and oxygen atoms in total. The number of carbonyl (C=O) groups excluding carboxylic acids is 1. The zero-order chi connectivity index (χ0) is 20.7. The lowest BCUT2D eigenvalue weighted by Crippen LogP contribution is -2.34. The summed E-state index contributed by atoms with van der Waals surface area (Å²) < 4.78 is 39.6. The first-order valence-electron chi connectivity index (χ1n) is 8.64. The average Bonchev–Trinajstić information content (AvgIpc) is 3.24. The van der Waals surface area contributed by atoms with Gasteiger partial charge in [-0.3, -0.25) is 4.79 Å². The summed E-state index contributed by atoms with van der Waals surface area (Å²) >= 11 is 0. The molecule has 148 valence electrons. The Morgan fingerprint density at radius 1 is 1.14 bits per heavy atom. The highest BCUT2D eigenvalue weighted by atomic mass is 19.4. The first-order valence-corrected chi connectivity index (χ1v) is 8.64. The van der Waals surface area contributed by atoms with Crippen LogP contribution in [0.1, 0.15) is 22.7 Å². The van der Waals surface area contributed by atoms with E-state index in [0.717, 1.165) is 17.7 Å². The number of alkyl halides is 3. The van der Waals surface area contributed by atoms with Gasteiger partial charge >= 0.3 is 6.18 Å². The molecule has 29 heavy (non-hydrogen) atoms. The van der Waals surface area contributed by atoms with Crippen LogP contribution < -0.4 is 5.32 Å². The van der Waals surface area contributed by atoms with Gasteiger partial charge in [-0.2, -0.15) is 13.2 Å². The van der Waals surface area contributed by atoms with Crippen molar-refractivity contribution in [2.24, 2.45) is 0 Å². The van der Waals surface area contributed by atoms with E-state index in [-0.39, 0.29) is 18.0 Å². The van der Waals surface area contributed by atoms with Gasteiger partial charge in [0.1, 0.15) is 12.4 Å². The van der Waals surface area contributed by atoms with Gasteiger partial charge in [-0.1, -0.05) is 48.2 Å². The van der Waals surface area contributed by atoms with Crippen LogP contribution in [0.4, 0.5) is 13.2 Å². The van der Waals surface area contributed by atoms with E-state index in [2.05, 4.69) is 32.7 Å². The van der Waals surface area contributed by atoms with Crippen molar-refractivity contribution < 1.29 is 18.0 Å². The molecule has 0 saturated heterocycles. The maximum absolute atomic E-state index is 12.7. The Balaban J connectivity index is 1.65. The molecule has 1 amide bonds. The quantitative estimate of drug-likeness (QED) is 0.670. The van der Waals surface area contributed by atoms with Crippen molar-refractivity contribution in [3.63, 3.8) is 0 Å². The van der Waals surface area contributed by atoms with E-state index in [1.807, 2.05) is 30.3 Å². The highest BCUT2D eigenvalue weighted by molar-refractivity contribution is 5.80. The molecular weight excluding hydrogens is 383 g/mol. The van der Waals surface area contributed by atoms with Crippen molar-refractivity contribution in [2.45, 2.75) is 18.6 Å². The lowest BCUT2D eigenvalue weighted by molar-refractivity contribution is -0.137. The molecule has 0 fully saturated rings. The highest BCUT2D eigenvalue weighted by Gasteiger charge is 2.30. The second-order valence-electron chi connectivity index (χ2n) is 6.09. The molecule has 1 unspecified atom stereocenters. The fourth-order valence-corrected chi connectivity index (χ4v) is 2.62. The first-order chi connectivity index (χ1) is 13.9. The van der Waals surface area contributed by atoms with Gasteiger partial charge in [0, 0.05) is 12.0 Å². The highest BCUT2D eigenvalue weighted by Crippen LogP contribution is 2.29. The van der Waals surface area contributed by atoms with Crippen LogP contribution >= 0.6 is 0 Å². The van der Waals surface area contributed by atoms with Crippen LogP contribution in [0, 0.1) is 11.8 Å². The zero-order valence-electron chi connectivity index (χ0n) is 15.1. The molecule has 0 spiro atoms. The van der Waals surface area contributed by atoms with Gasteiger partial charge in [-0.25, -0.2) is 4.68 Å². The predicted molar refractivity (Wildman–Crippen MR) is 98.3 cm³/mol. The number of hydrogen-bond donors (Lipinski definition) is 1. The van der Waals surface area contributed by atoms with Gasteiger partial charge in [-0.15, -0.1) is 5.10 Å². The third-order valence-corrected chi connectivity index (χ3v) is 4.03. The molecule has 3 rings (SSSR count). The van der Waals surface area contributed by atoms with Crippen molar-refractivity contribution in [1.29, 1.82) is 0 Å². The summed E-state index contributed by atoms with van der Waals surface area (Å²) in [4.78, 5) is 12.6. The van der Waals surface area contributed by atoms with E-state index >= 15 is 0 Å². The molecule has 3 aromatic rings. The van der Waals surface area contributed by atoms with E-state index in [0.29, 0.717) is 6.42 Å². The first kappa shape index (κ1) is 20.1. The summed E-state index contributed by atoms with van der Waals surface area (Å²) in [5.74, 6) is 4.94. The van der Waals surface area contributed by atoms with Gasteiger partial charge in [0.05, 0.1) is 12.1 Å². The van der Waals surface area contributed by atoms with Crippen LogP contribution in [0.3, 0.4) is 0 Å². The normalized spacial score (nSPS) is 12.0. The smallest absolute Gasteiger partial charge is 0.343 e. The van der Waals surface area contributed by atoms with Crippen molar-refractivity contribution >= 4 is 5.91 Å². The number of tetrazole rings is 1. The maximum atomic E-state index is 12.7. The van der Waals surface area contributed by atoms with Gasteiger partial charge in [0.25, 0.3) is 0 Å². The number of amides is 1. The van der Waals surface area contributed by atoms with Crippen molar-refractivity contribution in [3.8, 4) is 11.8 Å². The van der Waals surface area contributed by atoms with E-state index in [1.165, 1.54) is 23.1 Å². The minimum Gasteiger partial charge on any atom is -0.343 e. The zero-order valence-corrected chi connectivity index (χ0v) is 15.1. The van der Waals surface area contributed by atoms with Gasteiger partial charge in [0.2, 0.25) is 5.91 Å². The minimum absolute atomic E-state index is 0.0253. The molecule has 0 radical (unpaired) electrons. The molecule has 0 aliphatic heterocycles. The summed E-state index contributed by atoms with van der Waals surface area (Å²) in [6.45, 7) is -0.0253. The number of carbonyl (C=O) groups is 1. The second-order valence-corrected chi connectivity index (χ2v) is 6.09. The molecule has 1 atom stereocenters. The van der Waals surface area contributed by atoms with E-state index in [4.69, 9.17) is 0 Å². The van der Waals surface area contributed by atoms with E-state index in [9.17, 15) is 18.0 Å². The fourth-order valence-electron chi connectivity index (χ4n) is 2.62. The predicted octanol–water partition coefficient (Wildman–Crippen LogP) is 2.64. The number of nitrogens with one attached hydrogen (secondary N) is 1. The Morgan fingerprint density at radius 3 is 2.62 bits per heavy atom. The number of nitrogens with zero attached hydrogens (tertiary/aromatic N) is 4. The van der Waals surface area contributed by atoms with Crippen molar-refractivity contribution in [2.75, 3.05) is 6.54 Å². The van der Waals surface area contributed by atoms with Crippen LogP contribution in [0.2, 0.25) is 0 Å². The summed E-state index contributed by atoms with van der Waals surface area (Å²) in [7, 11) is 0. The molecule has 0 aliphatic carbocycles. The number of hydrogen-bond acceptors (Lipinski definition) is 4. The van der Waals surface area contributed by atoms with E-state index < -0.39 is 17.8 Å². The summed E-state index contributed by atoms with van der Waals surface area (Å²) in [6.07, 6.45) is -2.71. The van der Waals surface area contributed by atoms with Gasteiger partial charge in [0.15, 0.2) is 0 Å². The molecule has 0 aliphatic rings. The van der Waals surface area contributed by atoms with Crippen LogP contribution in [-0.4, -0.2) is 32.7 Å². The molecule has 1 N–H and O–H groups in total. The largest absolute Gasteiger partial charge is 0.416 e. The number of aromatic nitrogens is 4. The lowest BCUT2D eigenvalue weighted by Gasteiger charge is -2.15. The Bertz CT molecular complexity index is 1010. The van der Waals surface area contributed by atoms with Gasteiger partial charge < -0.3 is 5.32 Å². The summed E-state index contributed by atoms with van der Waals surface area (Å²) in [5.41, 5.74) is 0.378. The molecule has 1 heterocycles. The van der Waals surface area contributed by atoms with Crippen molar-refractivity contribution in [1.82, 2.24) is 25.5 Å². The SMILES string of the molecule is O=C(NCC#Cc1cccc(C(F)(F)F)c1)C(Cc1ccccc1)n1cnnn1. The minimum atomic E-state index is -4.43. The molecular formula is C20H16F3N5O. The molecule has 0 saturated carbocycles. The molecule has 2 aromatic carbocycles. The molecule has 0 bridgehead atoms. The van der Waals surface area contributed by atoms with Crippen LogP contribution in [0.25, 0.3) is 0 Å². The monoisotopic (exact) mass is 399 g/mol. The Kier molecular flexibility index (Phi) is 6.24. The Morgan fingerprint density at radius 2 is 1.93 bits per heavy atom. The number of halogens is 3. The number of rotatable bonds is 5. The maximum Gasteiger partial charge on any atom is 0.416 e. The number of benzene rings is 2. The lowest BCUT2D eigenvalue weighted by atomic mass is 10.1. The third kappa shape index (κ3) is 5.65. The summed E-state index contributed by atoms with van der Waals surface area (Å²) in [5, 5.41) is 13.6. The van der Waals surface area contributed by atoms with Crippen molar-refractivity contribution in [3.05, 3.63) is 77.6 Å². The molecule has 9 heteroatoms. The average molecular weight is 399 g/mol. The summed E-state index contributed by atoms with van der Waals surface area (Å²) in [6, 6.07) is 13.4. The fraction of sp³-hybridized carbons (Fsp3) is 0.200. The molecule has 1 aromatic heterocycles. The van der Waals surface area contributed by atoms with E-state index in [1.54, 1.807) is 0 Å². The third-order valence-electron chi connectivity index (χ3n) is 4.03. The van der Waals surface area contributed by atoms with Crippen LogP contribution in [-0.2, 0) is 17.4 Å². The second kappa shape index (κ2) is 9.01.